The predicted molar refractivity (Wildman–Crippen MR) is 122 cm³/mol. The third-order valence-electron chi connectivity index (χ3n) is 5.90. The van der Waals surface area contributed by atoms with Crippen molar-refractivity contribution in [2.45, 2.75) is 32.0 Å². The van der Waals surface area contributed by atoms with E-state index in [0.29, 0.717) is 6.61 Å². The molecule has 2 aromatic heterocycles. The van der Waals surface area contributed by atoms with Crippen molar-refractivity contribution in [1.29, 1.82) is 0 Å². The third kappa shape index (κ3) is 4.58. The zero-order chi connectivity index (χ0) is 23.9. The molecule has 0 aliphatic carbocycles. The number of rotatable bonds is 9. The number of aromatic nitrogens is 4. The standard InChI is InChI=1S/C21H27ClF2N8O/c1-12(21(2)29-31(21)5)27-19-17(18(22)28-20-25-11-26-32(19)20)16-14(23)9-13(10-15(16)24)33-8-6-7-30(3)4/h9-12,27,29H,6-8H2,1-5H3/t12-,21?,31?/m1/s1. The molecule has 2 unspecified atom stereocenters. The highest BCUT2D eigenvalue weighted by Gasteiger charge is 2.49. The van der Waals surface area contributed by atoms with E-state index in [4.69, 9.17) is 16.3 Å². The van der Waals surface area contributed by atoms with Crippen LogP contribution in [0.1, 0.15) is 20.3 Å². The van der Waals surface area contributed by atoms with Gasteiger partial charge < -0.3 is 15.0 Å². The maximum absolute atomic E-state index is 15.3. The Hall–Kier alpha value is -2.60. The van der Waals surface area contributed by atoms with Crippen molar-refractivity contribution in [3.63, 3.8) is 0 Å². The van der Waals surface area contributed by atoms with Crippen molar-refractivity contribution in [3.8, 4) is 16.9 Å². The van der Waals surface area contributed by atoms with Gasteiger partial charge in [-0.1, -0.05) is 11.6 Å². The van der Waals surface area contributed by atoms with Gasteiger partial charge >= 0.3 is 0 Å². The summed E-state index contributed by atoms with van der Waals surface area (Å²) in [5.41, 5.74) is 2.60. The monoisotopic (exact) mass is 480 g/mol. The number of fused-ring (bicyclic) bond motifs is 1. The van der Waals surface area contributed by atoms with E-state index in [1.54, 1.807) is 0 Å². The van der Waals surface area contributed by atoms with Crippen LogP contribution in [-0.4, -0.2) is 75.5 Å². The second-order valence-electron chi connectivity index (χ2n) is 8.55. The Morgan fingerprint density at radius 1 is 1.27 bits per heavy atom. The van der Waals surface area contributed by atoms with Crippen LogP contribution in [0, 0.1) is 11.6 Å². The van der Waals surface area contributed by atoms with Crippen molar-refractivity contribution >= 4 is 23.2 Å². The van der Waals surface area contributed by atoms with Gasteiger partial charge in [0, 0.05) is 25.7 Å². The molecule has 33 heavy (non-hydrogen) atoms. The fourth-order valence-corrected chi connectivity index (χ4v) is 3.92. The molecule has 1 aliphatic heterocycles. The topological polar surface area (TPSA) is 92.5 Å². The second-order valence-corrected chi connectivity index (χ2v) is 8.91. The summed E-state index contributed by atoms with van der Waals surface area (Å²) in [5, 5.41) is 9.30. The maximum Gasteiger partial charge on any atom is 0.255 e. The van der Waals surface area contributed by atoms with E-state index >= 15 is 8.78 Å². The van der Waals surface area contributed by atoms with E-state index in [2.05, 4.69) is 25.8 Å². The first kappa shape index (κ1) is 23.6. The number of likely N-dealkylation sites (N-methyl/N-ethyl adjacent to an activating group) is 1. The summed E-state index contributed by atoms with van der Waals surface area (Å²) in [4.78, 5) is 10.2. The average Bonchev–Trinajstić information content (AvgIpc) is 3.13. The molecule has 178 valence electrons. The van der Waals surface area contributed by atoms with E-state index < -0.39 is 11.6 Å². The quantitative estimate of drug-likeness (QED) is 0.274. The first-order valence-electron chi connectivity index (χ1n) is 10.6. The van der Waals surface area contributed by atoms with E-state index in [-0.39, 0.29) is 45.3 Å². The molecule has 9 nitrogen and oxygen atoms in total. The van der Waals surface area contributed by atoms with Crippen LogP contribution < -0.4 is 15.5 Å². The zero-order valence-electron chi connectivity index (χ0n) is 19.2. The molecule has 4 rings (SSSR count). The molecule has 3 heterocycles. The van der Waals surface area contributed by atoms with Gasteiger partial charge in [-0.05, 0) is 34.4 Å². The second kappa shape index (κ2) is 8.98. The van der Waals surface area contributed by atoms with E-state index in [1.807, 2.05) is 44.9 Å². The highest BCUT2D eigenvalue weighted by Crippen LogP contribution is 2.40. The van der Waals surface area contributed by atoms with Gasteiger partial charge in [0.2, 0.25) is 0 Å². The fourth-order valence-electron chi connectivity index (χ4n) is 3.66. The Bertz CT molecular complexity index is 1150. The van der Waals surface area contributed by atoms with Crippen molar-refractivity contribution in [1.82, 2.24) is 34.9 Å². The number of hydrazine groups is 1. The van der Waals surface area contributed by atoms with Crippen LogP contribution >= 0.6 is 11.6 Å². The number of benzene rings is 1. The highest BCUT2D eigenvalue weighted by atomic mass is 35.5. The van der Waals surface area contributed by atoms with Gasteiger partial charge in [-0.25, -0.2) is 19.2 Å². The zero-order valence-corrected chi connectivity index (χ0v) is 19.9. The van der Waals surface area contributed by atoms with Gasteiger partial charge in [0.1, 0.15) is 40.3 Å². The number of anilines is 1. The Balaban J connectivity index is 1.72. The minimum atomic E-state index is -0.815. The first-order valence-corrected chi connectivity index (χ1v) is 10.9. The largest absolute Gasteiger partial charge is 0.493 e. The number of nitrogens with one attached hydrogen (secondary N) is 2. The van der Waals surface area contributed by atoms with Crippen LogP contribution in [0.15, 0.2) is 18.5 Å². The smallest absolute Gasteiger partial charge is 0.255 e. The average molecular weight is 481 g/mol. The number of hydrogen-bond acceptors (Lipinski definition) is 8. The number of nitrogens with zero attached hydrogens (tertiary/aromatic N) is 6. The third-order valence-corrected chi connectivity index (χ3v) is 6.18. The molecule has 3 aromatic rings. The summed E-state index contributed by atoms with van der Waals surface area (Å²) in [7, 11) is 5.80. The molecule has 0 spiro atoms. The summed E-state index contributed by atoms with van der Waals surface area (Å²) >= 11 is 6.43. The fraction of sp³-hybridized carbons (Fsp3) is 0.476. The molecular formula is C21H27ClF2N8O. The molecule has 1 aromatic carbocycles. The first-order chi connectivity index (χ1) is 15.6. The summed E-state index contributed by atoms with van der Waals surface area (Å²) < 4.78 is 37.4. The Morgan fingerprint density at radius 2 is 1.94 bits per heavy atom. The van der Waals surface area contributed by atoms with Crippen molar-refractivity contribution in [2.75, 3.05) is 39.6 Å². The maximum atomic E-state index is 15.3. The number of hydrogen-bond donors (Lipinski definition) is 2. The molecule has 1 fully saturated rings. The van der Waals surface area contributed by atoms with Gasteiger partial charge in [0.05, 0.1) is 23.8 Å². The lowest BCUT2D eigenvalue weighted by molar-refractivity contribution is 0.279. The van der Waals surface area contributed by atoms with Crippen molar-refractivity contribution in [2.24, 2.45) is 0 Å². The van der Waals surface area contributed by atoms with Gasteiger partial charge in [0.25, 0.3) is 5.78 Å². The van der Waals surface area contributed by atoms with Crippen LogP contribution in [0.2, 0.25) is 5.15 Å². The van der Waals surface area contributed by atoms with Crippen LogP contribution in [0.5, 0.6) is 5.75 Å². The van der Waals surface area contributed by atoms with Crippen LogP contribution in [0.4, 0.5) is 14.6 Å². The molecule has 0 amide bonds. The lowest BCUT2D eigenvalue weighted by atomic mass is 10.0. The molecule has 0 saturated carbocycles. The van der Waals surface area contributed by atoms with Gasteiger partial charge in [0.15, 0.2) is 0 Å². The normalized spacial score (nSPS) is 20.9. The van der Waals surface area contributed by atoms with E-state index in [9.17, 15) is 0 Å². The van der Waals surface area contributed by atoms with E-state index in [0.717, 1.165) is 25.1 Å². The lowest BCUT2D eigenvalue weighted by Crippen LogP contribution is -2.36. The molecule has 1 saturated heterocycles. The van der Waals surface area contributed by atoms with Crippen molar-refractivity contribution in [3.05, 3.63) is 35.2 Å². The highest BCUT2D eigenvalue weighted by molar-refractivity contribution is 6.33. The summed E-state index contributed by atoms with van der Waals surface area (Å²) in [6, 6.07) is 2.12. The Kier molecular flexibility index (Phi) is 6.41. The molecule has 2 N–H and O–H groups in total. The minimum absolute atomic E-state index is 0.0579. The molecule has 12 heteroatoms. The van der Waals surface area contributed by atoms with Crippen LogP contribution in [-0.2, 0) is 0 Å². The summed E-state index contributed by atoms with van der Waals surface area (Å²) in [6.45, 7) is 5.08. The summed E-state index contributed by atoms with van der Waals surface area (Å²) in [6.07, 6.45) is 2.03. The molecular weight excluding hydrogens is 454 g/mol. The summed E-state index contributed by atoms with van der Waals surface area (Å²) in [5.74, 6) is -1.02. The van der Waals surface area contributed by atoms with E-state index in [1.165, 1.54) is 10.8 Å². The van der Waals surface area contributed by atoms with Gasteiger partial charge in [-0.3, -0.25) is 0 Å². The minimum Gasteiger partial charge on any atom is -0.493 e. The van der Waals surface area contributed by atoms with Crippen LogP contribution in [0.25, 0.3) is 16.9 Å². The Morgan fingerprint density at radius 3 is 2.55 bits per heavy atom. The number of halogens is 3. The van der Waals surface area contributed by atoms with Crippen LogP contribution in [0.3, 0.4) is 0 Å². The molecule has 1 aliphatic rings. The van der Waals surface area contributed by atoms with Crippen molar-refractivity contribution < 1.29 is 13.5 Å². The molecule has 3 atom stereocenters. The molecule has 0 bridgehead atoms. The lowest BCUT2D eigenvalue weighted by Gasteiger charge is -2.23. The van der Waals surface area contributed by atoms with Gasteiger partial charge in [-0.15, -0.1) is 0 Å². The van der Waals surface area contributed by atoms with Gasteiger partial charge in [-0.2, -0.15) is 19.6 Å². The Labute approximate surface area is 195 Å². The predicted octanol–water partition coefficient (Wildman–Crippen LogP) is 3.02. The number of ether oxygens (including phenoxy) is 1. The SMILES string of the molecule is C[C@@H](Nc1c(-c2c(F)cc(OCCCN(C)C)cc2F)c(Cl)nc2ncnn12)C1(C)NN1C. The molecule has 0 radical (unpaired) electrons.